The second-order valence-electron chi connectivity index (χ2n) is 2.22. The normalized spacial score (nSPS) is 16.6. The molecule has 0 bridgehead atoms. The number of hydrogen-bond donors (Lipinski definition) is 0. The van der Waals surface area contributed by atoms with Crippen molar-refractivity contribution in [2.45, 2.75) is 18.3 Å². The molecular weight excluding hydrogens is 236 g/mol. The summed E-state index contributed by atoms with van der Waals surface area (Å²) in [6, 6.07) is 0. The summed E-state index contributed by atoms with van der Waals surface area (Å²) in [6.45, 7) is 0. The number of rotatable bonds is 0. The van der Waals surface area contributed by atoms with Gasteiger partial charge in [0.05, 0.1) is 0 Å². The molecule has 0 saturated carbocycles. The maximum absolute atomic E-state index is 10.7. The van der Waals surface area contributed by atoms with Gasteiger partial charge < -0.3 is 4.55 Å². The Morgan fingerprint density at radius 2 is 1.43 bits per heavy atom. The van der Waals surface area contributed by atoms with Crippen molar-refractivity contribution in [1.29, 1.82) is 0 Å². The average Bonchev–Trinajstić information content (AvgIpc) is 2.35. The van der Waals surface area contributed by atoms with Gasteiger partial charge in [0.25, 0.3) is 0 Å². The first-order valence-electron chi connectivity index (χ1n) is 3.35. The Kier molecular flexibility index (Phi) is 8.54. The minimum Gasteiger partial charge on any atom is -0.741 e. The molecule has 1 saturated heterocycles. The van der Waals surface area contributed by atoms with E-state index in [0.717, 1.165) is 0 Å². The van der Waals surface area contributed by atoms with Crippen LogP contribution in [-0.2, 0) is 10.1 Å². The zero-order valence-corrected chi connectivity index (χ0v) is 9.14. The van der Waals surface area contributed by atoms with Crippen LogP contribution in [0.3, 0.4) is 0 Å². The van der Waals surface area contributed by atoms with E-state index < -0.39 is 15.6 Å². The topological polar surface area (TPSA) is 57.2 Å². The van der Waals surface area contributed by atoms with Crippen molar-refractivity contribution in [3.05, 3.63) is 0 Å². The Hall–Kier alpha value is 0.647. The number of thioether (sulfide) groups is 1. The largest absolute Gasteiger partial charge is 1.00 e. The minimum absolute atomic E-state index is 0. The Labute approximate surface area is 96.7 Å². The van der Waals surface area contributed by atoms with Gasteiger partial charge in [-0.1, -0.05) is 0 Å². The summed E-state index contributed by atoms with van der Waals surface area (Å²) >= 11 is 2.07. The summed E-state index contributed by atoms with van der Waals surface area (Å²) in [5.74, 6) is 2.83. The van der Waals surface area contributed by atoms with Crippen LogP contribution in [0, 0.1) is 0 Å². The molecule has 1 fully saturated rings. The van der Waals surface area contributed by atoms with Gasteiger partial charge in [-0.15, -0.1) is 0 Å². The fourth-order valence-electron chi connectivity index (χ4n) is 0.510. The first kappa shape index (κ1) is 17.1. The molecule has 1 rings (SSSR count). The van der Waals surface area contributed by atoms with Gasteiger partial charge in [0.1, 0.15) is 0 Å². The molecule has 1 aliphatic heterocycles. The molecule has 0 radical (unpaired) electrons. The van der Waals surface area contributed by atoms with Crippen LogP contribution in [0.15, 0.2) is 0 Å². The molecule has 0 unspecified atom stereocenters. The van der Waals surface area contributed by atoms with Crippen LogP contribution >= 0.6 is 11.8 Å². The summed E-state index contributed by atoms with van der Waals surface area (Å²) < 4.78 is 58.9. The Balaban J connectivity index is 0. The van der Waals surface area contributed by atoms with Gasteiger partial charge in [0.2, 0.25) is 0 Å². The van der Waals surface area contributed by atoms with Crippen molar-refractivity contribution in [3.63, 3.8) is 0 Å². The minimum atomic E-state index is -6.09. The third kappa shape index (κ3) is 8.00. The van der Waals surface area contributed by atoms with E-state index in [0.29, 0.717) is 0 Å². The van der Waals surface area contributed by atoms with E-state index in [9.17, 15) is 13.2 Å². The molecule has 9 heteroatoms. The van der Waals surface area contributed by atoms with Gasteiger partial charge in [-0.3, -0.25) is 0 Å². The van der Waals surface area contributed by atoms with Gasteiger partial charge in [-0.05, 0) is 24.3 Å². The third-order valence-corrected chi connectivity index (χ3v) is 2.83. The molecular formula is C5H8F3LiO3S2. The summed E-state index contributed by atoms with van der Waals surface area (Å²) in [7, 11) is -6.09. The molecule has 0 aliphatic carbocycles. The van der Waals surface area contributed by atoms with E-state index in [1.54, 1.807) is 0 Å². The quantitative estimate of drug-likeness (QED) is 0.298. The second-order valence-corrected chi connectivity index (χ2v) is 4.82. The summed E-state index contributed by atoms with van der Waals surface area (Å²) in [5, 5.41) is 0. The van der Waals surface area contributed by atoms with Crippen molar-refractivity contribution in [2.75, 3.05) is 11.5 Å². The first-order chi connectivity index (χ1) is 5.75. The van der Waals surface area contributed by atoms with Crippen LogP contribution < -0.4 is 18.9 Å². The molecule has 1 heterocycles. The van der Waals surface area contributed by atoms with Crippen LogP contribution in [-0.4, -0.2) is 30.0 Å². The zero-order chi connectivity index (χ0) is 10.5. The molecule has 0 aromatic heterocycles. The van der Waals surface area contributed by atoms with Crippen molar-refractivity contribution < 1.29 is 45.0 Å². The number of alkyl halides is 3. The molecule has 14 heavy (non-hydrogen) atoms. The van der Waals surface area contributed by atoms with Crippen LogP contribution in [0.4, 0.5) is 13.2 Å². The molecule has 0 amide bonds. The Morgan fingerprint density at radius 3 is 1.50 bits per heavy atom. The van der Waals surface area contributed by atoms with Crippen LogP contribution in [0.2, 0.25) is 0 Å². The molecule has 0 spiro atoms. The van der Waals surface area contributed by atoms with Crippen molar-refractivity contribution in [3.8, 4) is 0 Å². The Morgan fingerprint density at radius 1 is 1.14 bits per heavy atom. The zero-order valence-electron chi connectivity index (χ0n) is 7.50. The van der Waals surface area contributed by atoms with Gasteiger partial charge in [0.15, 0.2) is 10.1 Å². The van der Waals surface area contributed by atoms with Crippen LogP contribution in [0.25, 0.3) is 0 Å². The molecule has 0 N–H and O–H groups in total. The second kappa shape index (κ2) is 7.01. The fourth-order valence-corrected chi connectivity index (χ4v) is 1.53. The molecule has 80 valence electrons. The first-order valence-corrected chi connectivity index (χ1v) is 5.91. The predicted octanol–water partition coefficient (Wildman–Crippen LogP) is -1.43. The SMILES string of the molecule is C1CCSC1.O=S(=O)([O-])C(F)(F)F.[Li+]. The van der Waals surface area contributed by atoms with Gasteiger partial charge in [-0.2, -0.15) is 24.9 Å². The summed E-state index contributed by atoms with van der Waals surface area (Å²) in [5.41, 5.74) is -5.65. The van der Waals surface area contributed by atoms with E-state index in [4.69, 9.17) is 13.0 Å². The monoisotopic (exact) mass is 244 g/mol. The van der Waals surface area contributed by atoms with Gasteiger partial charge in [-0.25, -0.2) is 8.42 Å². The third-order valence-electron chi connectivity index (χ3n) is 1.11. The van der Waals surface area contributed by atoms with Crippen LogP contribution in [0.1, 0.15) is 12.8 Å². The van der Waals surface area contributed by atoms with Crippen molar-refractivity contribution >= 4 is 21.9 Å². The molecule has 1 aliphatic rings. The van der Waals surface area contributed by atoms with Gasteiger partial charge in [0, 0.05) is 0 Å². The average molecular weight is 244 g/mol. The molecule has 0 aromatic rings. The maximum Gasteiger partial charge on any atom is 1.00 e. The smallest absolute Gasteiger partial charge is 0.741 e. The van der Waals surface area contributed by atoms with E-state index in [2.05, 4.69) is 11.8 Å². The van der Waals surface area contributed by atoms with E-state index in [1.807, 2.05) is 0 Å². The molecule has 3 nitrogen and oxygen atoms in total. The van der Waals surface area contributed by atoms with E-state index >= 15 is 0 Å². The summed E-state index contributed by atoms with van der Waals surface area (Å²) in [4.78, 5) is 0. The molecule has 0 atom stereocenters. The number of halogens is 3. The van der Waals surface area contributed by atoms with Crippen LogP contribution in [0.5, 0.6) is 0 Å². The number of hydrogen-bond acceptors (Lipinski definition) is 4. The van der Waals surface area contributed by atoms with Crippen molar-refractivity contribution in [2.24, 2.45) is 0 Å². The maximum atomic E-state index is 10.7. The molecule has 0 aromatic carbocycles. The summed E-state index contributed by atoms with van der Waals surface area (Å²) in [6.07, 6.45) is 2.93. The predicted molar refractivity (Wildman–Crippen MR) is 42.3 cm³/mol. The van der Waals surface area contributed by atoms with Crippen molar-refractivity contribution in [1.82, 2.24) is 0 Å². The standard InChI is InChI=1S/C4H8S.CHF3O3S.Li/c1-2-4-5-3-1;2-1(3,4)8(5,6)7;/h1-4H2;(H,5,6,7);/q;;+1/p-1. The fraction of sp³-hybridized carbons (Fsp3) is 1.00. The van der Waals surface area contributed by atoms with Gasteiger partial charge >= 0.3 is 24.4 Å². The van der Waals surface area contributed by atoms with E-state index in [1.165, 1.54) is 24.3 Å². The Bertz CT molecular complexity index is 227. The van der Waals surface area contributed by atoms with E-state index in [-0.39, 0.29) is 18.9 Å².